The van der Waals surface area contributed by atoms with Gasteiger partial charge in [-0.25, -0.2) is 14.4 Å². The van der Waals surface area contributed by atoms with Crippen molar-refractivity contribution in [2.75, 3.05) is 47.4 Å². The number of fused-ring (bicyclic) bond motifs is 1. The van der Waals surface area contributed by atoms with E-state index in [1.807, 2.05) is 42.0 Å². The van der Waals surface area contributed by atoms with Crippen LogP contribution in [0.2, 0.25) is 0 Å². The van der Waals surface area contributed by atoms with Gasteiger partial charge < -0.3 is 19.1 Å². The van der Waals surface area contributed by atoms with E-state index in [0.29, 0.717) is 11.4 Å². The van der Waals surface area contributed by atoms with Crippen LogP contribution in [0, 0.1) is 12.7 Å². The Kier molecular flexibility index (Phi) is 8.35. The molecule has 5 rings (SSSR count). The molecule has 0 bridgehead atoms. The molecule has 2 aromatic carbocycles. The first-order valence-corrected chi connectivity index (χ1v) is 12.3. The summed E-state index contributed by atoms with van der Waals surface area (Å²) in [5.41, 5.74) is 3.18. The molecule has 2 aliphatic heterocycles. The summed E-state index contributed by atoms with van der Waals surface area (Å²) in [6, 6.07) is 13.8. The van der Waals surface area contributed by atoms with Crippen molar-refractivity contribution < 1.29 is 13.9 Å². The van der Waals surface area contributed by atoms with Crippen LogP contribution in [0.4, 0.5) is 4.39 Å². The molecule has 0 N–H and O–H groups in total. The Morgan fingerprint density at radius 1 is 1.14 bits per heavy atom. The van der Waals surface area contributed by atoms with E-state index in [4.69, 9.17) is 9.73 Å². The van der Waals surface area contributed by atoms with Gasteiger partial charge in [-0.05, 0) is 63.3 Å². The highest BCUT2D eigenvalue weighted by Gasteiger charge is 2.35. The predicted molar refractivity (Wildman–Crippen MR) is 143 cm³/mol. The molecule has 1 saturated heterocycles. The molecule has 0 spiro atoms. The number of methoxy groups -OCH3 is 1. The number of nitrogens with zero attached hydrogens (tertiary/aromatic N) is 6. The van der Waals surface area contributed by atoms with Crippen LogP contribution >= 0.6 is 0 Å². The molecular weight excluding hydrogens is 471 g/mol. The van der Waals surface area contributed by atoms with E-state index in [0.717, 1.165) is 55.5 Å². The third-order valence-corrected chi connectivity index (χ3v) is 6.07. The van der Waals surface area contributed by atoms with Crippen molar-refractivity contribution in [1.29, 1.82) is 0 Å². The molecule has 0 unspecified atom stereocenters. The van der Waals surface area contributed by atoms with Crippen LogP contribution < -0.4 is 4.74 Å². The van der Waals surface area contributed by atoms with Gasteiger partial charge >= 0.3 is 0 Å². The highest BCUT2D eigenvalue weighted by Crippen LogP contribution is 2.28. The monoisotopic (exact) mass is 504 g/mol. The zero-order valence-corrected chi connectivity index (χ0v) is 21.8. The summed E-state index contributed by atoms with van der Waals surface area (Å²) in [6.45, 7) is 5.37. The molecule has 0 saturated carbocycles. The average Bonchev–Trinajstić information content (AvgIpc) is 3.46. The van der Waals surface area contributed by atoms with Gasteiger partial charge in [0, 0.05) is 32.4 Å². The fourth-order valence-electron chi connectivity index (χ4n) is 4.16. The van der Waals surface area contributed by atoms with Crippen LogP contribution in [0.3, 0.4) is 0 Å². The molecular formula is C28H33FN6O2. The van der Waals surface area contributed by atoms with Crippen molar-refractivity contribution in [2.45, 2.75) is 13.3 Å². The number of likely N-dealkylation sites (N-methyl/N-ethyl adjacent to an activating group) is 1. The number of aliphatic imine (C=N–C) groups is 1. The Bertz CT molecular complexity index is 1280. The number of amides is 1. The lowest BCUT2D eigenvalue weighted by Crippen LogP contribution is -2.51. The lowest BCUT2D eigenvalue weighted by Gasteiger charge is -2.35. The molecule has 37 heavy (non-hydrogen) atoms. The van der Waals surface area contributed by atoms with E-state index < -0.39 is 0 Å². The summed E-state index contributed by atoms with van der Waals surface area (Å²) in [5, 5.41) is 0. The summed E-state index contributed by atoms with van der Waals surface area (Å²) < 4.78 is 19.4. The van der Waals surface area contributed by atoms with E-state index >= 15 is 0 Å². The maximum atomic E-state index is 12.9. The Morgan fingerprint density at radius 2 is 1.92 bits per heavy atom. The number of carbonyl (C=O) groups is 1. The second-order valence-corrected chi connectivity index (χ2v) is 9.19. The zero-order valence-electron chi connectivity index (χ0n) is 21.8. The molecule has 1 aromatic heterocycles. The van der Waals surface area contributed by atoms with Crippen molar-refractivity contribution in [2.24, 2.45) is 4.99 Å². The van der Waals surface area contributed by atoms with Crippen LogP contribution in [0.15, 0.2) is 71.7 Å². The maximum absolute atomic E-state index is 12.9. The van der Waals surface area contributed by atoms with Crippen molar-refractivity contribution in [3.8, 4) is 11.4 Å². The lowest BCUT2D eigenvalue weighted by atomic mass is 10.1. The number of imidazole rings is 1. The number of halogens is 1. The Balaban J connectivity index is 0.000000396. The number of guanidine groups is 1. The van der Waals surface area contributed by atoms with Gasteiger partial charge in [0.1, 0.15) is 17.3 Å². The van der Waals surface area contributed by atoms with E-state index in [1.54, 1.807) is 36.5 Å². The van der Waals surface area contributed by atoms with Gasteiger partial charge in [0.05, 0.1) is 24.8 Å². The second-order valence-electron chi connectivity index (χ2n) is 9.19. The first-order chi connectivity index (χ1) is 17.9. The van der Waals surface area contributed by atoms with Gasteiger partial charge in [-0.1, -0.05) is 24.3 Å². The summed E-state index contributed by atoms with van der Waals surface area (Å²) >= 11 is 0. The Morgan fingerprint density at radius 3 is 2.54 bits per heavy atom. The van der Waals surface area contributed by atoms with E-state index in [-0.39, 0.29) is 11.7 Å². The predicted octanol–water partition coefficient (Wildman–Crippen LogP) is 3.82. The van der Waals surface area contributed by atoms with Crippen LogP contribution in [0.25, 0.3) is 11.8 Å². The number of carbonyl (C=O) groups excluding carboxylic acids is 1. The number of rotatable bonds is 6. The molecule has 1 fully saturated rings. The molecule has 194 valence electrons. The van der Waals surface area contributed by atoms with Gasteiger partial charge in [-0.15, -0.1) is 0 Å². The van der Waals surface area contributed by atoms with Gasteiger partial charge in [0.25, 0.3) is 5.91 Å². The third-order valence-electron chi connectivity index (χ3n) is 6.07. The fraction of sp³-hybridized carbons (Fsp3) is 0.321. The van der Waals surface area contributed by atoms with Gasteiger partial charge in [0.2, 0.25) is 5.96 Å². The van der Waals surface area contributed by atoms with Crippen molar-refractivity contribution in [3.05, 3.63) is 83.8 Å². The van der Waals surface area contributed by atoms with Crippen molar-refractivity contribution in [1.82, 2.24) is 24.3 Å². The number of ether oxygens (including phenoxy) is 1. The van der Waals surface area contributed by atoms with E-state index in [9.17, 15) is 9.18 Å². The largest absolute Gasteiger partial charge is 0.495 e. The smallest absolute Gasteiger partial charge is 0.279 e. The van der Waals surface area contributed by atoms with Crippen molar-refractivity contribution in [3.63, 3.8) is 0 Å². The Hall–Kier alpha value is -3.98. The first-order valence-electron chi connectivity index (χ1n) is 12.3. The minimum atomic E-state index is -0.178. The summed E-state index contributed by atoms with van der Waals surface area (Å²) in [7, 11) is 5.75. The minimum Gasteiger partial charge on any atom is -0.495 e. The molecule has 9 heteroatoms. The second kappa shape index (κ2) is 11.8. The number of benzene rings is 2. The molecule has 0 aliphatic carbocycles. The average molecular weight is 505 g/mol. The molecule has 0 radical (unpaired) electrons. The summed E-state index contributed by atoms with van der Waals surface area (Å²) in [6.07, 6.45) is 6.50. The Labute approximate surface area is 217 Å². The normalized spacial score (nSPS) is 16.0. The fourth-order valence-corrected chi connectivity index (χ4v) is 4.16. The van der Waals surface area contributed by atoms with Crippen LogP contribution in [0.5, 0.6) is 5.75 Å². The summed E-state index contributed by atoms with van der Waals surface area (Å²) in [5.74, 6) is 1.28. The SMILES string of the molecule is COc1cc(/C=C2\N=C3N(CCN(C)C)CCCN3C2=O)ccc1-n1cnc(C)c1.Fc1ccccc1. The molecule has 0 atom stereocenters. The van der Waals surface area contributed by atoms with Crippen molar-refractivity contribution >= 4 is 17.9 Å². The quantitative estimate of drug-likeness (QED) is 0.478. The number of aryl methyl sites for hydroxylation is 1. The van der Waals surface area contributed by atoms with E-state index in [2.05, 4.69) is 28.9 Å². The van der Waals surface area contributed by atoms with Gasteiger partial charge in [0.15, 0.2) is 0 Å². The molecule has 2 aliphatic rings. The molecule has 3 aromatic rings. The third kappa shape index (κ3) is 6.42. The van der Waals surface area contributed by atoms with Gasteiger partial charge in [-0.3, -0.25) is 9.69 Å². The number of hydrogen-bond acceptors (Lipinski definition) is 6. The number of aromatic nitrogens is 2. The zero-order chi connectivity index (χ0) is 26.4. The molecule has 3 heterocycles. The maximum Gasteiger partial charge on any atom is 0.279 e. The van der Waals surface area contributed by atoms with Crippen LogP contribution in [0.1, 0.15) is 17.7 Å². The molecule has 1 amide bonds. The van der Waals surface area contributed by atoms with E-state index in [1.165, 1.54) is 12.1 Å². The molecule has 8 nitrogen and oxygen atoms in total. The topological polar surface area (TPSA) is 66.2 Å². The van der Waals surface area contributed by atoms with Crippen LogP contribution in [-0.4, -0.2) is 83.5 Å². The first kappa shape index (κ1) is 26.1. The standard InChI is InChI=1S/C22H28N6O2.C6H5F/c1-16-14-27(15-23-16)19-7-6-17(13-20(19)30-4)12-18-21(29)28-9-5-8-26(22(28)24-18)11-10-25(2)3;7-6-4-2-1-3-5-6/h6-7,12-15H,5,8-11H2,1-4H3;1-5H/b18-12-;. The highest BCUT2D eigenvalue weighted by atomic mass is 19.1. The lowest BCUT2D eigenvalue weighted by molar-refractivity contribution is -0.123. The van der Waals surface area contributed by atoms with Crippen LogP contribution in [-0.2, 0) is 4.79 Å². The summed E-state index contributed by atoms with van der Waals surface area (Å²) in [4.78, 5) is 28.0. The highest BCUT2D eigenvalue weighted by molar-refractivity contribution is 6.13. The number of hydrogen-bond donors (Lipinski definition) is 0. The van der Waals surface area contributed by atoms with Gasteiger partial charge in [-0.2, -0.15) is 0 Å². The minimum absolute atomic E-state index is 0.0344.